The number of carbonyl (C=O) groups is 2. The first-order valence-corrected chi connectivity index (χ1v) is 34.1. The Morgan fingerprint density at radius 1 is 0.361 bits per heavy atom. The molecule has 0 saturated heterocycles. The van der Waals surface area contributed by atoms with Gasteiger partial charge in [0.2, 0.25) is 0 Å². The first-order valence-electron chi connectivity index (χ1n) is 32.6. The lowest BCUT2D eigenvalue weighted by Gasteiger charge is -2.19. The molecule has 2 unspecified atom stereocenters. The van der Waals surface area contributed by atoms with Crippen molar-refractivity contribution in [1.82, 2.24) is 0 Å². The summed E-state index contributed by atoms with van der Waals surface area (Å²) in [5.41, 5.74) is 5.39. The summed E-state index contributed by atoms with van der Waals surface area (Å²) in [6.07, 6.45) is 98.4. The van der Waals surface area contributed by atoms with Gasteiger partial charge < -0.3 is 20.1 Å². The summed E-state index contributed by atoms with van der Waals surface area (Å²) in [5.74, 6) is -0.852. The minimum atomic E-state index is -4.41. The normalized spacial score (nSPS) is 14.1. The predicted octanol–water partition coefficient (Wildman–Crippen LogP) is 21.4. The summed E-state index contributed by atoms with van der Waals surface area (Å²) in [4.78, 5) is 35.3. The van der Waals surface area contributed by atoms with Gasteiger partial charge in [0.1, 0.15) is 6.61 Å². The summed E-state index contributed by atoms with van der Waals surface area (Å²) in [7, 11) is -4.41. The third kappa shape index (κ3) is 66.4. The lowest BCUT2D eigenvalue weighted by molar-refractivity contribution is -0.161. The SMILES string of the molecule is CC/C=C\C/C=C\C/C=C\C/C=C\C/C=C\C/C=C\C/C=C\C/C=C\CCCCCCCCCCCCC(=O)OC(COC(=O)CCCCCCCCCC/C=C\C/C=C\C/C=C\C/C=C\C/C=C\C/C=C\CC)COP(=O)(O)OCCN. The second kappa shape index (κ2) is 66.5. The molecule has 0 bridgehead atoms. The van der Waals surface area contributed by atoms with Gasteiger partial charge in [-0.05, 0) is 128 Å². The Hall–Kier alpha value is -4.63. The quantitative estimate of drug-likeness (QED) is 0.0264. The summed E-state index contributed by atoms with van der Waals surface area (Å²) in [6.45, 7) is 3.49. The van der Waals surface area contributed by atoms with Crippen LogP contribution in [0.15, 0.2) is 170 Å². The highest BCUT2D eigenvalue weighted by atomic mass is 31.2. The van der Waals surface area contributed by atoms with Gasteiger partial charge in [-0.2, -0.15) is 0 Å². The number of hydrogen-bond acceptors (Lipinski definition) is 8. The van der Waals surface area contributed by atoms with Gasteiger partial charge in [-0.3, -0.25) is 18.6 Å². The summed E-state index contributed by atoms with van der Waals surface area (Å²) >= 11 is 0. The van der Waals surface area contributed by atoms with Crippen molar-refractivity contribution in [2.45, 2.75) is 251 Å². The number of nitrogens with two attached hydrogens (primary N) is 1. The van der Waals surface area contributed by atoms with Crippen LogP contribution in [0.4, 0.5) is 0 Å². The van der Waals surface area contributed by atoms with E-state index in [1.807, 2.05) is 0 Å². The molecule has 0 radical (unpaired) electrons. The molecule has 10 heteroatoms. The van der Waals surface area contributed by atoms with Crippen LogP contribution in [0.2, 0.25) is 0 Å². The van der Waals surface area contributed by atoms with Crippen LogP contribution in [-0.2, 0) is 32.7 Å². The Morgan fingerprint density at radius 3 is 0.928 bits per heavy atom. The van der Waals surface area contributed by atoms with Crippen LogP contribution < -0.4 is 5.73 Å². The molecule has 3 N–H and O–H groups in total. The number of rotatable bonds is 59. The lowest BCUT2D eigenvalue weighted by Crippen LogP contribution is -2.29. The zero-order chi connectivity index (χ0) is 60.1. The Labute approximate surface area is 508 Å². The van der Waals surface area contributed by atoms with E-state index < -0.39 is 32.5 Å². The van der Waals surface area contributed by atoms with E-state index in [1.165, 1.54) is 64.2 Å². The zero-order valence-corrected chi connectivity index (χ0v) is 53.3. The highest BCUT2D eigenvalue weighted by Crippen LogP contribution is 2.43. The average Bonchev–Trinajstić information content (AvgIpc) is 3.48. The van der Waals surface area contributed by atoms with Crippen molar-refractivity contribution in [2.24, 2.45) is 5.73 Å². The molecule has 0 aliphatic heterocycles. The maximum Gasteiger partial charge on any atom is 0.472 e. The molecule has 83 heavy (non-hydrogen) atoms. The first-order chi connectivity index (χ1) is 40.8. The molecule has 0 rings (SSSR count). The maximum absolute atomic E-state index is 12.8. The summed E-state index contributed by atoms with van der Waals surface area (Å²) < 4.78 is 33.1. The van der Waals surface area contributed by atoms with E-state index in [1.54, 1.807) is 0 Å². The molecular weight excluding hydrogens is 1050 g/mol. The van der Waals surface area contributed by atoms with E-state index in [2.05, 4.69) is 184 Å². The second-order valence-electron chi connectivity index (χ2n) is 20.9. The number of allylic oxidation sites excluding steroid dienone is 28. The van der Waals surface area contributed by atoms with E-state index in [4.69, 9.17) is 24.3 Å². The number of esters is 2. The number of ether oxygens (including phenoxy) is 2. The van der Waals surface area contributed by atoms with Gasteiger partial charge in [-0.25, -0.2) is 4.57 Å². The van der Waals surface area contributed by atoms with E-state index in [-0.39, 0.29) is 32.6 Å². The van der Waals surface area contributed by atoms with Gasteiger partial charge in [0.05, 0.1) is 13.2 Å². The lowest BCUT2D eigenvalue weighted by atomic mass is 10.0. The van der Waals surface area contributed by atoms with E-state index in [9.17, 15) is 19.0 Å². The largest absolute Gasteiger partial charge is 0.472 e. The number of carbonyl (C=O) groups excluding carboxylic acids is 2. The zero-order valence-electron chi connectivity index (χ0n) is 52.4. The van der Waals surface area contributed by atoms with Crippen LogP contribution in [0, 0.1) is 0 Å². The molecule has 2 atom stereocenters. The summed E-state index contributed by atoms with van der Waals surface area (Å²) in [6, 6.07) is 0. The van der Waals surface area contributed by atoms with Crippen LogP contribution in [-0.4, -0.2) is 49.3 Å². The molecule has 0 aromatic carbocycles. The second-order valence-corrected chi connectivity index (χ2v) is 22.3. The van der Waals surface area contributed by atoms with Crippen molar-refractivity contribution in [3.8, 4) is 0 Å². The Kier molecular flexibility index (Phi) is 62.8. The van der Waals surface area contributed by atoms with Crippen LogP contribution in [0.1, 0.15) is 245 Å². The van der Waals surface area contributed by atoms with Gasteiger partial charge in [-0.1, -0.05) is 274 Å². The Balaban J connectivity index is 4.02. The van der Waals surface area contributed by atoms with Crippen molar-refractivity contribution in [3.05, 3.63) is 170 Å². The highest BCUT2D eigenvalue weighted by Gasteiger charge is 2.26. The van der Waals surface area contributed by atoms with E-state index >= 15 is 0 Å². The van der Waals surface area contributed by atoms with E-state index in [0.29, 0.717) is 12.8 Å². The van der Waals surface area contributed by atoms with Crippen molar-refractivity contribution in [2.75, 3.05) is 26.4 Å². The van der Waals surface area contributed by atoms with Crippen molar-refractivity contribution >= 4 is 19.8 Å². The van der Waals surface area contributed by atoms with Crippen LogP contribution in [0.25, 0.3) is 0 Å². The standard InChI is InChI=1S/C73H118NO8P/c1-3-5-7-9-11-13-15-17-19-21-23-25-27-29-31-32-33-34-35-36-37-38-40-42-44-46-48-50-52-54-56-58-60-62-64-66-73(76)82-71(70-81-83(77,78)80-68-67-74)69-79-72(75)65-63-61-59-57-55-53-51-49-47-45-43-41-39-30-28-26-24-22-20-18-16-14-12-10-8-6-4-2/h5-8,11-14,17-20,23-26,29-31,33-34,36-37,39-40,42-43,45,71H,3-4,9-10,15-16,21-22,27-28,32,35,38,41,44,46-70,74H2,1-2H3,(H,77,78)/b7-5-,8-6-,13-11-,14-12-,19-17-,20-18-,25-23-,26-24-,31-29-,34-33-,37-36-,39-30-,42-40-,45-43-. The molecule has 0 aromatic rings. The van der Waals surface area contributed by atoms with Crippen molar-refractivity contribution < 1.29 is 37.6 Å². The third-order valence-electron chi connectivity index (χ3n) is 13.1. The third-order valence-corrected chi connectivity index (χ3v) is 14.1. The molecule has 9 nitrogen and oxygen atoms in total. The van der Waals surface area contributed by atoms with Gasteiger partial charge in [-0.15, -0.1) is 0 Å². The minimum absolute atomic E-state index is 0.0426. The Bertz CT molecular complexity index is 1960. The molecule has 0 amide bonds. The first kappa shape index (κ1) is 78.4. The van der Waals surface area contributed by atoms with Crippen molar-refractivity contribution in [3.63, 3.8) is 0 Å². The number of phosphoric acid groups is 1. The van der Waals surface area contributed by atoms with Gasteiger partial charge >= 0.3 is 19.8 Å². The van der Waals surface area contributed by atoms with Gasteiger partial charge in [0, 0.05) is 19.4 Å². The van der Waals surface area contributed by atoms with Gasteiger partial charge in [0.25, 0.3) is 0 Å². The molecule has 0 fully saturated rings. The molecule has 0 spiro atoms. The molecule has 0 heterocycles. The molecule has 0 saturated carbocycles. The monoisotopic (exact) mass is 1170 g/mol. The maximum atomic E-state index is 12.8. The van der Waals surface area contributed by atoms with Crippen molar-refractivity contribution in [1.29, 1.82) is 0 Å². The van der Waals surface area contributed by atoms with Crippen LogP contribution >= 0.6 is 7.82 Å². The number of hydrogen-bond donors (Lipinski definition) is 2. The molecule has 468 valence electrons. The Morgan fingerprint density at radius 2 is 0.627 bits per heavy atom. The smallest absolute Gasteiger partial charge is 0.462 e. The molecule has 0 aliphatic carbocycles. The van der Waals surface area contributed by atoms with E-state index in [0.717, 1.165) is 141 Å². The topological polar surface area (TPSA) is 134 Å². The molecule has 0 aliphatic rings. The predicted molar refractivity (Wildman–Crippen MR) is 357 cm³/mol. The highest BCUT2D eigenvalue weighted by molar-refractivity contribution is 7.47. The number of unbranched alkanes of at least 4 members (excludes halogenated alkanes) is 18. The number of phosphoric ester groups is 1. The fourth-order valence-corrected chi connectivity index (χ4v) is 9.13. The molecular formula is C73H118NO8P. The van der Waals surface area contributed by atoms with Crippen LogP contribution in [0.5, 0.6) is 0 Å². The van der Waals surface area contributed by atoms with Crippen LogP contribution in [0.3, 0.4) is 0 Å². The van der Waals surface area contributed by atoms with Gasteiger partial charge in [0.15, 0.2) is 6.10 Å². The summed E-state index contributed by atoms with van der Waals surface area (Å²) in [5, 5.41) is 0. The molecule has 0 aromatic heterocycles. The minimum Gasteiger partial charge on any atom is -0.462 e. The average molecular weight is 1170 g/mol. The fourth-order valence-electron chi connectivity index (χ4n) is 8.36. The fraction of sp³-hybridized carbons (Fsp3) is 0.589.